The summed E-state index contributed by atoms with van der Waals surface area (Å²) >= 11 is 0. The fraction of sp³-hybridized carbons (Fsp3) is 0.750. The summed E-state index contributed by atoms with van der Waals surface area (Å²) in [6.45, 7) is -1.73. The van der Waals surface area contributed by atoms with E-state index in [0.29, 0.717) is 0 Å². The topological polar surface area (TPSA) is 95.9 Å². The summed E-state index contributed by atoms with van der Waals surface area (Å²) in [4.78, 5) is 21.4. The molecule has 0 rings (SSSR count). The Morgan fingerprint density at radius 2 is 2.00 bits per heavy atom. The molecule has 0 aliphatic carbocycles. The van der Waals surface area contributed by atoms with Gasteiger partial charge in [0.25, 0.3) is 6.43 Å². The third-order valence-corrected chi connectivity index (χ3v) is 1.53. The largest absolute Gasteiger partial charge is 0.480 e. The van der Waals surface area contributed by atoms with E-state index in [1.807, 2.05) is 5.32 Å². The van der Waals surface area contributed by atoms with Crippen LogP contribution >= 0.6 is 0 Å². The molecule has 0 bridgehead atoms. The van der Waals surface area contributed by atoms with Crippen LogP contribution in [-0.2, 0) is 14.3 Å². The molecule has 0 aromatic heterocycles. The zero-order valence-corrected chi connectivity index (χ0v) is 8.36. The molecule has 8 heteroatoms. The van der Waals surface area contributed by atoms with Crippen molar-refractivity contribution in [2.75, 3.05) is 19.8 Å². The third-order valence-electron chi connectivity index (χ3n) is 1.53. The minimum atomic E-state index is -2.60. The first kappa shape index (κ1) is 14.7. The zero-order valence-electron chi connectivity index (χ0n) is 8.36. The lowest BCUT2D eigenvalue weighted by Gasteiger charge is -2.11. The van der Waals surface area contributed by atoms with Crippen molar-refractivity contribution in [2.45, 2.75) is 18.9 Å². The molecule has 94 valence electrons. The van der Waals surface area contributed by atoms with Crippen molar-refractivity contribution in [2.24, 2.45) is 0 Å². The van der Waals surface area contributed by atoms with Crippen LogP contribution in [0.15, 0.2) is 0 Å². The first-order chi connectivity index (χ1) is 7.47. The summed E-state index contributed by atoms with van der Waals surface area (Å²) in [5, 5.41) is 19.0. The SMILES string of the molecule is O=C(CCOCC(F)F)NC(CO)C(=O)O. The number of ether oxygens (including phenoxy) is 1. The first-order valence-electron chi connectivity index (χ1n) is 4.46. The van der Waals surface area contributed by atoms with Gasteiger partial charge in [0.05, 0.1) is 13.2 Å². The molecule has 0 saturated carbocycles. The first-order valence-corrected chi connectivity index (χ1v) is 4.46. The summed E-state index contributed by atoms with van der Waals surface area (Å²) in [6, 6.07) is -1.39. The Morgan fingerprint density at radius 3 is 2.44 bits per heavy atom. The van der Waals surface area contributed by atoms with Gasteiger partial charge >= 0.3 is 5.97 Å². The Kier molecular flexibility index (Phi) is 7.31. The number of halogens is 2. The summed E-state index contributed by atoms with van der Waals surface area (Å²) in [5.74, 6) is -2.06. The quantitative estimate of drug-likeness (QED) is 0.484. The molecule has 1 atom stereocenters. The highest BCUT2D eigenvalue weighted by molar-refractivity contribution is 5.83. The number of carbonyl (C=O) groups is 2. The van der Waals surface area contributed by atoms with Crippen LogP contribution in [0, 0.1) is 0 Å². The van der Waals surface area contributed by atoms with Gasteiger partial charge in [0.15, 0.2) is 0 Å². The highest BCUT2D eigenvalue weighted by Crippen LogP contribution is 1.94. The van der Waals surface area contributed by atoms with Crippen LogP contribution in [0.1, 0.15) is 6.42 Å². The summed E-state index contributed by atoms with van der Waals surface area (Å²) in [6.07, 6.45) is -2.84. The van der Waals surface area contributed by atoms with E-state index >= 15 is 0 Å². The van der Waals surface area contributed by atoms with Crippen molar-refractivity contribution in [1.82, 2.24) is 5.32 Å². The number of aliphatic hydroxyl groups excluding tert-OH is 1. The highest BCUT2D eigenvalue weighted by Gasteiger charge is 2.18. The molecule has 0 aromatic carbocycles. The molecule has 0 spiro atoms. The molecular formula is C8H13F2NO5. The molecule has 3 N–H and O–H groups in total. The van der Waals surface area contributed by atoms with Crippen LogP contribution in [0.2, 0.25) is 0 Å². The lowest BCUT2D eigenvalue weighted by atomic mass is 10.3. The van der Waals surface area contributed by atoms with Gasteiger partial charge < -0.3 is 20.3 Å². The zero-order chi connectivity index (χ0) is 12.6. The lowest BCUT2D eigenvalue weighted by molar-refractivity contribution is -0.143. The number of carbonyl (C=O) groups excluding carboxylic acids is 1. The average Bonchev–Trinajstić information content (AvgIpc) is 2.20. The summed E-state index contributed by atoms with van der Waals surface area (Å²) in [7, 11) is 0. The average molecular weight is 241 g/mol. The standard InChI is InChI=1S/C8H13F2NO5/c9-6(10)4-16-2-1-7(13)11-5(3-12)8(14)15/h5-6,12H,1-4H2,(H,11,13)(H,14,15). The second-order valence-corrected chi connectivity index (χ2v) is 2.86. The van der Waals surface area contributed by atoms with Gasteiger partial charge in [-0.15, -0.1) is 0 Å². The van der Waals surface area contributed by atoms with Gasteiger partial charge in [-0.05, 0) is 0 Å². The van der Waals surface area contributed by atoms with Crippen LogP contribution in [-0.4, -0.2) is 54.4 Å². The van der Waals surface area contributed by atoms with Gasteiger partial charge in [0, 0.05) is 6.42 Å². The number of aliphatic hydroxyl groups is 1. The molecule has 0 fully saturated rings. The third kappa shape index (κ3) is 7.07. The predicted molar refractivity (Wildman–Crippen MR) is 48.1 cm³/mol. The second kappa shape index (κ2) is 7.94. The van der Waals surface area contributed by atoms with Gasteiger partial charge in [0.2, 0.25) is 5.91 Å². The smallest absolute Gasteiger partial charge is 0.328 e. The molecule has 0 aromatic rings. The van der Waals surface area contributed by atoms with Gasteiger partial charge in [0.1, 0.15) is 12.6 Å². The van der Waals surface area contributed by atoms with Crippen molar-refractivity contribution < 1.29 is 33.3 Å². The summed E-state index contributed by atoms with van der Waals surface area (Å²) in [5.41, 5.74) is 0. The van der Waals surface area contributed by atoms with E-state index in [0.717, 1.165) is 0 Å². The Bertz CT molecular complexity index is 236. The molecule has 16 heavy (non-hydrogen) atoms. The Balaban J connectivity index is 3.69. The number of alkyl halides is 2. The maximum Gasteiger partial charge on any atom is 0.328 e. The second-order valence-electron chi connectivity index (χ2n) is 2.86. The highest BCUT2D eigenvalue weighted by atomic mass is 19.3. The van der Waals surface area contributed by atoms with Crippen LogP contribution in [0.5, 0.6) is 0 Å². The molecule has 0 saturated heterocycles. The van der Waals surface area contributed by atoms with Gasteiger partial charge in [-0.2, -0.15) is 0 Å². The molecule has 0 radical (unpaired) electrons. The molecule has 1 amide bonds. The van der Waals surface area contributed by atoms with E-state index in [1.165, 1.54) is 0 Å². The summed E-state index contributed by atoms with van der Waals surface area (Å²) < 4.78 is 27.6. The number of aliphatic carboxylic acids is 1. The van der Waals surface area contributed by atoms with E-state index in [4.69, 9.17) is 10.2 Å². The number of carboxylic acids is 1. The molecule has 0 aliphatic rings. The van der Waals surface area contributed by atoms with Crippen molar-refractivity contribution >= 4 is 11.9 Å². The van der Waals surface area contributed by atoms with Crippen LogP contribution in [0.25, 0.3) is 0 Å². The molecule has 0 heterocycles. The number of nitrogens with one attached hydrogen (secondary N) is 1. The van der Waals surface area contributed by atoms with Crippen LogP contribution < -0.4 is 5.32 Å². The van der Waals surface area contributed by atoms with E-state index in [2.05, 4.69) is 4.74 Å². The minimum Gasteiger partial charge on any atom is -0.480 e. The minimum absolute atomic E-state index is 0.228. The van der Waals surface area contributed by atoms with Gasteiger partial charge in [-0.25, -0.2) is 13.6 Å². The normalized spacial score (nSPS) is 12.5. The van der Waals surface area contributed by atoms with Crippen molar-refractivity contribution in [3.8, 4) is 0 Å². The predicted octanol–water partition coefficient (Wildman–Crippen LogP) is -0.780. The van der Waals surface area contributed by atoms with Crippen LogP contribution in [0.4, 0.5) is 8.78 Å². The van der Waals surface area contributed by atoms with Crippen molar-refractivity contribution in [3.05, 3.63) is 0 Å². The van der Waals surface area contributed by atoms with E-state index in [9.17, 15) is 18.4 Å². The molecular weight excluding hydrogens is 228 g/mol. The number of hydrogen-bond acceptors (Lipinski definition) is 4. The molecule has 6 nitrogen and oxygen atoms in total. The Morgan fingerprint density at radius 1 is 1.38 bits per heavy atom. The fourth-order valence-electron chi connectivity index (χ4n) is 0.789. The molecule has 1 unspecified atom stereocenters. The number of amides is 1. The maximum absolute atomic E-state index is 11.6. The number of hydrogen-bond donors (Lipinski definition) is 3. The van der Waals surface area contributed by atoms with Gasteiger partial charge in [-0.1, -0.05) is 0 Å². The van der Waals surface area contributed by atoms with Crippen molar-refractivity contribution in [1.29, 1.82) is 0 Å². The number of rotatable bonds is 8. The fourth-order valence-corrected chi connectivity index (χ4v) is 0.789. The van der Waals surface area contributed by atoms with Crippen LogP contribution in [0.3, 0.4) is 0 Å². The molecule has 0 aliphatic heterocycles. The maximum atomic E-state index is 11.6. The van der Waals surface area contributed by atoms with E-state index in [-0.39, 0.29) is 13.0 Å². The Labute approximate surface area is 90.2 Å². The van der Waals surface area contributed by atoms with E-state index < -0.39 is 37.6 Å². The van der Waals surface area contributed by atoms with Gasteiger partial charge in [-0.3, -0.25) is 4.79 Å². The lowest BCUT2D eigenvalue weighted by Crippen LogP contribution is -2.43. The van der Waals surface area contributed by atoms with Crippen molar-refractivity contribution in [3.63, 3.8) is 0 Å². The van der Waals surface area contributed by atoms with E-state index in [1.54, 1.807) is 0 Å². The monoisotopic (exact) mass is 241 g/mol. The Hall–Kier alpha value is -1.28. The number of carboxylic acid groups (broad SMARTS) is 1.